The van der Waals surface area contributed by atoms with E-state index in [1.54, 1.807) is 0 Å². The molecule has 0 radical (unpaired) electrons. The number of benzene rings is 10. The molecule has 0 saturated carbocycles. The molecule has 53 heavy (non-hydrogen) atoms. The van der Waals surface area contributed by atoms with E-state index in [4.69, 9.17) is 4.42 Å². The predicted octanol–water partition coefficient (Wildman–Crippen LogP) is 14.9. The third kappa shape index (κ3) is 4.64. The normalized spacial score (nSPS) is 11.8. The van der Waals surface area contributed by atoms with Crippen LogP contribution in [0.5, 0.6) is 0 Å². The fraction of sp³-hybridized carbons (Fsp3) is 0. The average molecular weight is 673 g/mol. The minimum atomic E-state index is 0.917. The first-order chi connectivity index (χ1) is 26.3. The van der Waals surface area contributed by atoms with Gasteiger partial charge in [0.25, 0.3) is 0 Å². The Balaban J connectivity index is 1.06. The molecule has 1 aromatic heterocycles. The van der Waals surface area contributed by atoms with Crippen molar-refractivity contribution in [2.24, 2.45) is 0 Å². The van der Waals surface area contributed by atoms with Crippen LogP contribution < -0.4 is 0 Å². The minimum absolute atomic E-state index is 0.917. The van der Waals surface area contributed by atoms with Gasteiger partial charge in [-0.25, -0.2) is 0 Å². The fourth-order valence-electron chi connectivity index (χ4n) is 8.66. The van der Waals surface area contributed by atoms with Crippen LogP contribution in [0, 0.1) is 0 Å². The summed E-state index contributed by atoms with van der Waals surface area (Å²) in [6, 6.07) is 70.5. The SMILES string of the molecule is c1ccc2cc(-c3c4ccccc4c(-c4ccc(-c5ccc(-c6cccc7c6oc6ccccc67)c6ccccc56)cc4)c4ccccc34)ccc2c1. The predicted molar refractivity (Wildman–Crippen MR) is 225 cm³/mol. The maximum atomic E-state index is 6.47. The monoisotopic (exact) mass is 672 g/mol. The van der Waals surface area contributed by atoms with Crippen LogP contribution >= 0.6 is 0 Å². The lowest BCUT2D eigenvalue weighted by Gasteiger charge is -2.18. The molecule has 1 heteroatoms. The van der Waals surface area contributed by atoms with Gasteiger partial charge >= 0.3 is 0 Å². The van der Waals surface area contributed by atoms with E-state index in [0.717, 1.165) is 27.5 Å². The molecule has 0 aliphatic rings. The highest BCUT2D eigenvalue weighted by Gasteiger charge is 2.18. The summed E-state index contributed by atoms with van der Waals surface area (Å²) >= 11 is 0. The van der Waals surface area contributed by atoms with Crippen LogP contribution in [-0.2, 0) is 0 Å². The first-order valence-electron chi connectivity index (χ1n) is 18.3. The van der Waals surface area contributed by atoms with Crippen LogP contribution in [0.1, 0.15) is 0 Å². The van der Waals surface area contributed by atoms with Gasteiger partial charge in [0, 0.05) is 16.3 Å². The number of furan rings is 1. The Hall–Kier alpha value is -6.96. The zero-order valence-electron chi connectivity index (χ0n) is 28.9. The second-order valence-electron chi connectivity index (χ2n) is 14.0. The minimum Gasteiger partial charge on any atom is -0.455 e. The zero-order valence-corrected chi connectivity index (χ0v) is 28.9. The molecular weight excluding hydrogens is 641 g/mol. The van der Waals surface area contributed by atoms with Gasteiger partial charge < -0.3 is 4.42 Å². The van der Waals surface area contributed by atoms with E-state index in [9.17, 15) is 0 Å². The van der Waals surface area contributed by atoms with E-state index in [1.165, 1.54) is 82.0 Å². The number of rotatable bonds is 4. The Bertz CT molecular complexity index is 3160. The van der Waals surface area contributed by atoms with E-state index in [1.807, 2.05) is 6.07 Å². The number of fused-ring (bicyclic) bond motifs is 7. The summed E-state index contributed by atoms with van der Waals surface area (Å²) in [4.78, 5) is 0. The molecule has 11 rings (SSSR count). The molecule has 10 aromatic carbocycles. The van der Waals surface area contributed by atoms with Crippen molar-refractivity contribution in [3.05, 3.63) is 194 Å². The Kier molecular flexibility index (Phi) is 6.62. The maximum Gasteiger partial charge on any atom is 0.143 e. The van der Waals surface area contributed by atoms with Crippen molar-refractivity contribution in [1.82, 2.24) is 0 Å². The summed E-state index contributed by atoms with van der Waals surface area (Å²) in [5, 5.41) is 12.3. The van der Waals surface area contributed by atoms with Gasteiger partial charge in [-0.05, 0) is 94.2 Å². The molecule has 0 amide bonds. The molecule has 0 bridgehead atoms. The van der Waals surface area contributed by atoms with Gasteiger partial charge in [-0.3, -0.25) is 0 Å². The molecule has 11 aromatic rings. The molecule has 1 nitrogen and oxygen atoms in total. The molecular formula is C52H32O. The molecule has 0 aliphatic heterocycles. The summed E-state index contributed by atoms with van der Waals surface area (Å²) < 4.78 is 6.47. The Labute approximate surface area is 307 Å². The van der Waals surface area contributed by atoms with Crippen LogP contribution in [0.4, 0.5) is 0 Å². The van der Waals surface area contributed by atoms with Crippen molar-refractivity contribution < 1.29 is 4.42 Å². The number of hydrogen-bond donors (Lipinski definition) is 0. The van der Waals surface area contributed by atoms with Crippen LogP contribution in [0.3, 0.4) is 0 Å². The van der Waals surface area contributed by atoms with E-state index in [-0.39, 0.29) is 0 Å². The topological polar surface area (TPSA) is 13.1 Å². The number of para-hydroxylation sites is 2. The average Bonchev–Trinajstić information content (AvgIpc) is 3.61. The number of hydrogen-bond acceptors (Lipinski definition) is 1. The first-order valence-corrected chi connectivity index (χ1v) is 18.3. The van der Waals surface area contributed by atoms with Crippen LogP contribution in [0.15, 0.2) is 199 Å². The van der Waals surface area contributed by atoms with Crippen molar-refractivity contribution in [2.75, 3.05) is 0 Å². The summed E-state index contributed by atoms with van der Waals surface area (Å²) in [5.41, 5.74) is 11.6. The molecule has 0 saturated heterocycles. The van der Waals surface area contributed by atoms with Crippen molar-refractivity contribution >= 4 is 65.0 Å². The van der Waals surface area contributed by atoms with E-state index in [2.05, 4.69) is 188 Å². The van der Waals surface area contributed by atoms with Crippen molar-refractivity contribution in [1.29, 1.82) is 0 Å². The summed E-state index contributed by atoms with van der Waals surface area (Å²) in [5.74, 6) is 0. The van der Waals surface area contributed by atoms with Crippen LogP contribution in [0.2, 0.25) is 0 Å². The molecule has 0 spiro atoms. The lowest BCUT2D eigenvalue weighted by atomic mass is 9.85. The molecule has 246 valence electrons. The van der Waals surface area contributed by atoms with Gasteiger partial charge in [0.05, 0.1) is 0 Å². The molecule has 0 fully saturated rings. The van der Waals surface area contributed by atoms with Crippen LogP contribution in [-0.4, -0.2) is 0 Å². The molecule has 0 atom stereocenters. The Morgan fingerprint density at radius 1 is 0.264 bits per heavy atom. The largest absolute Gasteiger partial charge is 0.455 e. The molecule has 0 N–H and O–H groups in total. The Morgan fingerprint density at radius 2 is 0.755 bits per heavy atom. The lowest BCUT2D eigenvalue weighted by Crippen LogP contribution is -1.91. The second-order valence-corrected chi connectivity index (χ2v) is 14.0. The molecule has 0 unspecified atom stereocenters. The Morgan fingerprint density at radius 3 is 1.45 bits per heavy atom. The zero-order chi connectivity index (χ0) is 34.9. The van der Waals surface area contributed by atoms with Gasteiger partial charge in [-0.1, -0.05) is 182 Å². The summed E-state index contributed by atoms with van der Waals surface area (Å²) in [6.45, 7) is 0. The van der Waals surface area contributed by atoms with Gasteiger partial charge in [0.1, 0.15) is 11.2 Å². The maximum absolute atomic E-state index is 6.47. The first kappa shape index (κ1) is 29.7. The van der Waals surface area contributed by atoms with Gasteiger partial charge in [0.2, 0.25) is 0 Å². The van der Waals surface area contributed by atoms with Gasteiger partial charge in [-0.15, -0.1) is 0 Å². The summed E-state index contributed by atoms with van der Waals surface area (Å²) in [7, 11) is 0. The summed E-state index contributed by atoms with van der Waals surface area (Å²) in [6.07, 6.45) is 0. The van der Waals surface area contributed by atoms with Gasteiger partial charge in [-0.2, -0.15) is 0 Å². The quantitative estimate of drug-likeness (QED) is 0.170. The van der Waals surface area contributed by atoms with Crippen molar-refractivity contribution in [3.8, 4) is 44.5 Å². The highest BCUT2D eigenvalue weighted by molar-refractivity contribution is 6.22. The van der Waals surface area contributed by atoms with Crippen LogP contribution in [0.25, 0.3) is 110 Å². The third-order valence-electron chi connectivity index (χ3n) is 11.1. The van der Waals surface area contributed by atoms with Crippen molar-refractivity contribution in [2.45, 2.75) is 0 Å². The standard InChI is InChI=1S/C52H32O/c1-2-13-36-32-37(29-24-33(36)12-1)51-45-19-7-5-17-43(45)50(44-18-6-8-20-46(44)51)35-27-25-34(26-28-35)38-30-31-41(40-15-4-3-14-39(38)40)47-21-11-22-48-42-16-9-10-23-49(42)53-52(47)48/h1-32H. The van der Waals surface area contributed by atoms with Crippen molar-refractivity contribution in [3.63, 3.8) is 0 Å². The second kappa shape index (κ2) is 11.8. The fourth-order valence-corrected chi connectivity index (χ4v) is 8.66. The van der Waals surface area contributed by atoms with E-state index >= 15 is 0 Å². The highest BCUT2D eigenvalue weighted by atomic mass is 16.3. The molecule has 0 aliphatic carbocycles. The highest BCUT2D eigenvalue weighted by Crippen LogP contribution is 2.45. The smallest absolute Gasteiger partial charge is 0.143 e. The van der Waals surface area contributed by atoms with E-state index < -0.39 is 0 Å². The lowest BCUT2D eigenvalue weighted by molar-refractivity contribution is 0.670. The third-order valence-corrected chi connectivity index (χ3v) is 11.1. The van der Waals surface area contributed by atoms with Gasteiger partial charge in [0.15, 0.2) is 0 Å². The molecule has 1 heterocycles. The van der Waals surface area contributed by atoms with E-state index in [0.29, 0.717) is 0 Å².